The summed E-state index contributed by atoms with van der Waals surface area (Å²) in [7, 11) is 1.93. The van der Waals surface area contributed by atoms with E-state index in [9.17, 15) is 4.79 Å². The molecule has 5 nitrogen and oxygen atoms in total. The number of aryl methyl sites for hydroxylation is 2. The van der Waals surface area contributed by atoms with E-state index in [0.29, 0.717) is 23.7 Å². The normalized spacial score (nSPS) is 10.6. The first-order valence-corrected chi connectivity index (χ1v) is 7.38. The van der Waals surface area contributed by atoms with Crippen molar-refractivity contribution in [1.29, 1.82) is 0 Å². The number of pyridine rings is 1. The largest absolute Gasteiger partial charge is 0.352 e. The number of hydrogen-bond acceptors (Lipinski definition) is 3. The second-order valence-corrected chi connectivity index (χ2v) is 5.27. The van der Waals surface area contributed by atoms with E-state index in [1.807, 2.05) is 17.8 Å². The summed E-state index contributed by atoms with van der Waals surface area (Å²) in [5.74, 6) is 0.806. The van der Waals surface area contributed by atoms with Gasteiger partial charge in [-0.05, 0) is 18.6 Å². The number of amides is 1. The molecule has 2 heterocycles. The highest BCUT2D eigenvalue weighted by Gasteiger charge is 2.09. The van der Waals surface area contributed by atoms with Crippen molar-refractivity contribution in [2.75, 3.05) is 6.54 Å². The Bertz CT molecular complexity index is 624. The molecule has 0 aliphatic rings. The van der Waals surface area contributed by atoms with Crippen LogP contribution in [0.15, 0.2) is 24.5 Å². The van der Waals surface area contributed by atoms with Crippen LogP contribution < -0.4 is 5.32 Å². The number of halogens is 1. The molecule has 0 aliphatic heterocycles. The van der Waals surface area contributed by atoms with E-state index in [-0.39, 0.29) is 5.91 Å². The van der Waals surface area contributed by atoms with E-state index in [1.165, 1.54) is 0 Å². The highest BCUT2D eigenvalue weighted by molar-refractivity contribution is 6.29. The van der Waals surface area contributed by atoms with Gasteiger partial charge in [0.05, 0.1) is 0 Å². The van der Waals surface area contributed by atoms with E-state index >= 15 is 0 Å². The Kier molecular flexibility index (Phi) is 5.33. The molecule has 2 aromatic heterocycles. The van der Waals surface area contributed by atoms with E-state index < -0.39 is 0 Å². The maximum absolute atomic E-state index is 12.1. The summed E-state index contributed by atoms with van der Waals surface area (Å²) >= 11 is 5.96. The second-order valence-electron chi connectivity index (χ2n) is 4.88. The van der Waals surface area contributed by atoms with E-state index in [2.05, 4.69) is 22.2 Å². The molecule has 2 aromatic rings. The number of hydrogen-bond donors (Lipinski definition) is 1. The molecule has 0 radical (unpaired) electrons. The Morgan fingerprint density at radius 1 is 1.38 bits per heavy atom. The van der Waals surface area contributed by atoms with Crippen LogP contribution >= 0.6 is 11.6 Å². The number of carbonyl (C=O) groups is 1. The third kappa shape index (κ3) is 4.29. The summed E-state index contributed by atoms with van der Waals surface area (Å²) in [6.07, 6.45) is 6.10. The van der Waals surface area contributed by atoms with Crippen LogP contribution in [-0.4, -0.2) is 27.0 Å². The Hall–Kier alpha value is -1.88. The fraction of sp³-hybridized carbons (Fsp3) is 0.400. The van der Waals surface area contributed by atoms with Gasteiger partial charge in [0, 0.05) is 43.7 Å². The minimum absolute atomic E-state index is 0.133. The number of carbonyl (C=O) groups excluding carboxylic acids is 1. The van der Waals surface area contributed by atoms with Gasteiger partial charge < -0.3 is 9.88 Å². The zero-order valence-electron chi connectivity index (χ0n) is 12.3. The van der Waals surface area contributed by atoms with Gasteiger partial charge in [-0.2, -0.15) is 0 Å². The van der Waals surface area contributed by atoms with Crippen molar-refractivity contribution in [1.82, 2.24) is 19.9 Å². The van der Waals surface area contributed by atoms with Crippen LogP contribution in [0.25, 0.3) is 0 Å². The van der Waals surface area contributed by atoms with Crippen LogP contribution in [0.2, 0.25) is 5.15 Å². The van der Waals surface area contributed by atoms with Gasteiger partial charge in [0.15, 0.2) is 0 Å². The van der Waals surface area contributed by atoms with Gasteiger partial charge >= 0.3 is 0 Å². The average molecular weight is 307 g/mol. The van der Waals surface area contributed by atoms with Crippen LogP contribution in [-0.2, 0) is 19.9 Å². The van der Waals surface area contributed by atoms with Crippen molar-refractivity contribution in [3.8, 4) is 0 Å². The maximum atomic E-state index is 12.1. The zero-order valence-corrected chi connectivity index (χ0v) is 13.0. The van der Waals surface area contributed by atoms with Gasteiger partial charge in [0.1, 0.15) is 11.0 Å². The molecular weight excluding hydrogens is 288 g/mol. The Morgan fingerprint density at radius 2 is 2.19 bits per heavy atom. The Balaban J connectivity index is 1.95. The minimum Gasteiger partial charge on any atom is -0.352 e. The molecule has 0 unspecified atom stereocenters. The monoisotopic (exact) mass is 306 g/mol. The first kappa shape index (κ1) is 15.5. The first-order valence-electron chi connectivity index (χ1n) is 7.01. The number of nitrogens with zero attached hydrogens (tertiary/aromatic N) is 3. The lowest BCUT2D eigenvalue weighted by atomic mass is 10.1. The lowest BCUT2D eigenvalue weighted by Crippen LogP contribution is -2.26. The number of aromatic nitrogens is 3. The fourth-order valence-corrected chi connectivity index (χ4v) is 2.32. The molecule has 112 valence electrons. The summed E-state index contributed by atoms with van der Waals surface area (Å²) in [5.41, 5.74) is 1.40. The van der Waals surface area contributed by atoms with Crippen molar-refractivity contribution < 1.29 is 4.79 Å². The predicted octanol–water partition coefficient (Wildman–Crippen LogP) is 2.39. The smallest absolute Gasteiger partial charge is 0.251 e. The van der Waals surface area contributed by atoms with Crippen molar-refractivity contribution in [2.45, 2.75) is 26.2 Å². The first-order chi connectivity index (χ1) is 10.1. The van der Waals surface area contributed by atoms with E-state index in [0.717, 1.165) is 24.4 Å². The number of nitrogens with one attached hydrogen (secondary N) is 1. The van der Waals surface area contributed by atoms with E-state index in [1.54, 1.807) is 18.3 Å². The second kappa shape index (κ2) is 7.22. The van der Waals surface area contributed by atoms with Crippen molar-refractivity contribution >= 4 is 17.5 Å². The Labute approximate surface area is 129 Å². The van der Waals surface area contributed by atoms with Crippen LogP contribution in [0, 0.1) is 0 Å². The molecule has 0 bridgehead atoms. The maximum Gasteiger partial charge on any atom is 0.251 e. The van der Waals surface area contributed by atoms with Gasteiger partial charge in [0.2, 0.25) is 0 Å². The van der Waals surface area contributed by atoms with Crippen LogP contribution in [0.1, 0.15) is 35.2 Å². The molecule has 6 heteroatoms. The van der Waals surface area contributed by atoms with Crippen LogP contribution in [0.5, 0.6) is 0 Å². The summed E-state index contributed by atoms with van der Waals surface area (Å²) < 4.78 is 1.94. The molecule has 0 spiro atoms. The molecule has 0 saturated heterocycles. The van der Waals surface area contributed by atoms with Gasteiger partial charge in [-0.3, -0.25) is 4.79 Å². The van der Waals surface area contributed by atoms with Crippen molar-refractivity contribution in [2.24, 2.45) is 7.05 Å². The summed E-state index contributed by atoms with van der Waals surface area (Å²) in [5, 5.41) is 3.24. The van der Waals surface area contributed by atoms with Crippen LogP contribution in [0.3, 0.4) is 0 Å². The van der Waals surface area contributed by atoms with Crippen molar-refractivity contribution in [3.05, 3.63) is 46.8 Å². The quantitative estimate of drug-likeness (QED) is 0.834. The van der Waals surface area contributed by atoms with Crippen molar-refractivity contribution in [3.63, 3.8) is 0 Å². The molecule has 0 fully saturated rings. The molecule has 1 amide bonds. The molecule has 21 heavy (non-hydrogen) atoms. The molecule has 0 aromatic carbocycles. The fourth-order valence-electron chi connectivity index (χ4n) is 2.09. The van der Waals surface area contributed by atoms with Gasteiger partial charge in [-0.1, -0.05) is 24.9 Å². The van der Waals surface area contributed by atoms with E-state index in [4.69, 9.17) is 11.6 Å². The molecule has 0 aliphatic carbocycles. The highest BCUT2D eigenvalue weighted by atomic mass is 35.5. The molecule has 0 atom stereocenters. The van der Waals surface area contributed by atoms with Gasteiger partial charge in [-0.25, -0.2) is 9.97 Å². The summed E-state index contributed by atoms with van der Waals surface area (Å²) in [6, 6.07) is 3.39. The third-order valence-electron chi connectivity index (χ3n) is 3.17. The predicted molar refractivity (Wildman–Crippen MR) is 82.5 cm³/mol. The lowest BCUT2D eigenvalue weighted by molar-refractivity contribution is 0.0953. The Morgan fingerprint density at radius 3 is 2.86 bits per heavy atom. The highest BCUT2D eigenvalue weighted by Crippen LogP contribution is 2.12. The number of rotatable bonds is 6. The van der Waals surface area contributed by atoms with Crippen LogP contribution in [0.4, 0.5) is 0 Å². The molecule has 2 rings (SSSR count). The summed E-state index contributed by atoms with van der Waals surface area (Å²) in [4.78, 5) is 20.6. The van der Waals surface area contributed by atoms with Gasteiger partial charge in [-0.15, -0.1) is 0 Å². The zero-order chi connectivity index (χ0) is 15.2. The third-order valence-corrected chi connectivity index (χ3v) is 3.36. The minimum atomic E-state index is -0.133. The SMILES string of the molecule is CCCc1cc(C(=O)NCCc2nccn2C)cc(Cl)n1. The van der Waals surface area contributed by atoms with Gasteiger partial charge in [0.25, 0.3) is 5.91 Å². The lowest BCUT2D eigenvalue weighted by Gasteiger charge is -2.07. The molecular formula is C15H19ClN4O. The molecule has 1 N–H and O–H groups in total. The summed E-state index contributed by atoms with van der Waals surface area (Å²) in [6.45, 7) is 2.60. The molecule has 0 saturated carbocycles. The topological polar surface area (TPSA) is 59.8 Å². The standard InChI is InChI=1S/C15H19ClN4O/c1-3-4-12-9-11(10-13(16)19-12)15(21)18-6-5-14-17-7-8-20(14)2/h7-10H,3-6H2,1-2H3,(H,18,21). The number of imidazole rings is 1. The average Bonchev–Trinajstić information content (AvgIpc) is 2.84.